The number of carbonyl (C=O) groups excluding carboxylic acids is 1. The second-order valence-electron chi connectivity index (χ2n) is 6.78. The standard InChI is InChI=1S/C19H21ClFN3O4S/c1-11-14(21)5-2-6-15(11)23-19(26)24-16-8-7-13(20)18(17(16)25)29(27,28)12-4-3-9-22-10-12/h2,5-8,12,22,25H,3-4,9-10H2,1H3,(H2,23,24,26)/t12-/m1/s1. The molecule has 0 saturated carbocycles. The number of phenolic OH excluding ortho intramolecular Hbond substituents is 1. The number of amides is 2. The summed E-state index contributed by atoms with van der Waals surface area (Å²) in [5, 5.41) is 17.6. The lowest BCUT2D eigenvalue weighted by molar-refractivity contribution is 0.262. The number of rotatable bonds is 4. The van der Waals surface area contributed by atoms with Gasteiger partial charge >= 0.3 is 6.03 Å². The van der Waals surface area contributed by atoms with Crippen molar-refractivity contribution in [1.29, 1.82) is 0 Å². The third-order valence-electron chi connectivity index (χ3n) is 4.82. The molecule has 2 aromatic carbocycles. The molecule has 3 rings (SSSR count). The van der Waals surface area contributed by atoms with Gasteiger partial charge in [-0.25, -0.2) is 17.6 Å². The van der Waals surface area contributed by atoms with Crippen LogP contribution >= 0.6 is 11.6 Å². The molecule has 29 heavy (non-hydrogen) atoms. The monoisotopic (exact) mass is 441 g/mol. The molecule has 0 radical (unpaired) electrons. The summed E-state index contributed by atoms with van der Waals surface area (Å²) in [5.41, 5.74) is 0.372. The first-order valence-corrected chi connectivity index (χ1v) is 10.9. The van der Waals surface area contributed by atoms with Crippen molar-refractivity contribution in [2.75, 3.05) is 23.7 Å². The molecule has 2 aromatic rings. The molecule has 7 nitrogen and oxygen atoms in total. The Morgan fingerprint density at radius 3 is 2.66 bits per heavy atom. The molecule has 1 aliphatic heterocycles. The van der Waals surface area contributed by atoms with E-state index in [1.807, 2.05) is 0 Å². The van der Waals surface area contributed by atoms with E-state index in [2.05, 4.69) is 16.0 Å². The van der Waals surface area contributed by atoms with Gasteiger partial charge in [0.15, 0.2) is 15.6 Å². The summed E-state index contributed by atoms with van der Waals surface area (Å²) >= 11 is 6.08. The molecule has 1 atom stereocenters. The van der Waals surface area contributed by atoms with Gasteiger partial charge in [0, 0.05) is 17.8 Å². The van der Waals surface area contributed by atoms with Crippen LogP contribution in [0.5, 0.6) is 5.75 Å². The number of piperidine rings is 1. The van der Waals surface area contributed by atoms with Crippen molar-refractivity contribution in [3.05, 3.63) is 46.7 Å². The van der Waals surface area contributed by atoms with Gasteiger partial charge in [0.1, 0.15) is 10.7 Å². The first-order chi connectivity index (χ1) is 13.7. The summed E-state index contributed by atoms with van der Waals surface area (Å²) in [4.78, 5) is 11.9. The summed E-state index contributed by atoms with van der Waals surface area (Å²) < 4.78 is 39.6. The Morgan fingerprint density at radius 1 is 1.24 bits per heavy atom. The highest BCUT2D eigenvalue weighted by molar-refractivity contribution is 7.92. The average molecular weight is 442 g/mol. The highest BCUT2D eigenvalue weighted by Crippen LogP contribution is 2.39. The van der Waals surface area contributed by atoms with E-state index < -0.39 is 37.6 Å². The second kappa shape index (κ2) is 8.56. The second-order valence-corrected chi connectivity index (χ2v) is 9.35. The molecule has 0 unspecified atom stereocenters. The van der Waals surface area contributed by atoms with Crippen molar-refractivity contribution < 1.29 is 22.7 Å². The summed E-state index contributed by atoms with van der Waals surface area (Å²) in [6.07, 6.45) is 1.14. The van der Waals surface area contributed by atoms with Crippen LogP contribution in [0.2, 0.25) is 5.02 Å². The fourth-order valence-corrected chi connectivity index (χ4v) is 5.53. The summed E-state index contributed by atoms with van der Waals surface area (Å²) in [6, 6.07) is 6.06. The predicted molar refractivity (Wildman–Crippen MR) is 110 cm³/mol. The van der Waals surface area contributed by atoms with Crippen molar-refractivity contribution in [2.45, 2.75) is 29.9 Å². The Hall–Kier alpha value is -2.36. The predicted octanol–water partition coefficient (Wildman–Crippen LogP) is 3.66. The number of hydrogen-bond acceptors (Lipinski definition) is 5. The van der Waals surface area contributed by atoms with E-state index in [-0.39, 0.29) is 28.5 Å². The largest absolute Gasteiger partial charge is 0.504 e. The van der Waals surface area contributed by atoms with E-state index >= 15 is 0 Å². The molecule has 4 N–H and O–H groups in total. The molecule has 1 heterocycles. The minimum atomic E-state index is -3.92. The third kappa shape index (κ3) is 4.47. The van der Waals surface area contributed by atoms with E-state index in [0.717, 1.165) is 6.54 Å². The molecule has 1 aliphatic rings. The number of urea groups is 1. The van der Waals surface area contributed by atoms with Crippen molar-refractivity contribution in [1.82, 2.24) is 5.32 Å². The van der Waals surface area contributed by atoms with Crippen LogP contribution in [-0.2, 0) is 9.84 Å². The van der Waals surface area contributed by atoms with E-state index in [1.54, 1.807) is 0 Å². The van der Waals surface area contributed by atoms with Crippen molar-refractivity contribution in [3.63, 3.8) is 0 Å². The SMILES string of the molecule is Cc1c(F)cccc1NC(=O)Nc1ccc(Cl)c(S(=O)(=O)[C@@H]2CCCNC2)c1O. The van der Waals surface area contributed by atoms with Gasteiger partial charge in [0.05, 0.1) is 16.0 Å². The number of hydrogen-bond donors (Lipinski definition) is 4. The topological polar surface area (TPSA) is 108 Å². The fourth-order valence-electron chi connectivity index (χ4n) is 3.19. The van der Waals surface area contributed by atoms with Gasteiger partial charge in [-0.3, -0.25) is 0 Å². The van der Waals surface area contributed by atoms with Gasteiger partial charge in [-0.2, -0.15) is 0 Å². The van der Waals surface area contributed by atoms with Crippen LogP contribution in [0.4, 0.5) is 20.6 Å². The highest BCUT2D eigenvalue weighted by Gasteiger charge is 2.34. The Morgan fingerprint density at radius 2 is 1.97 bits per heavy atom. The lowest BCUT2D eigenvalue weighted by Gasteiger charge is -2.24. The summed E-state index contributed by atoms with van der Waals surface area (Å²) in [6.45, 7) is 2.50. The lowest BCUT2D eigenvalue weighted by atomic mass is 10.2. The van der Waals surface area contributed by atoms with Gasteiger partial charge in [-0.15, -0.1) is 0 Å². The zero-order valence-electron chi connectivity index (χ0n) is 15.6. The minimum absolute atomic E-state index is 0.122. The molecule has 10 heteroatoms. The smallest absolute Gasteiger partial charge is 0.323 e. The lowest BCUT2D eigenvalue weighted by Crippen LogP contribution is -2.38. The van der Waals surface area contributed by atoms with Crippen LogP contribution in [0.15, 0.2) is 35.2 Å². The van der Waals surface area contributed by atoms with Gasteiger partial charge in [-0.1, -0.05) is 17.7 Å². The zero-order chi connectivity index (χ0) is 21.2. The van der Waals surface area contributed by atoms with Crippen LogP contribution in [0.3, 0.4) is 0 Å². The Bertz CT molecular complexity index is 1040. The van der Waals surface area contributed by atoms with Crippen LogP contribution in [-0.4, -0.2) is 37.9 Å². The van der Waals surface area contributed by atoms with Gasteiger partial charge in [0.25, 0.3) is 0 Å². The fraction of sp³-hybridized carbons (Fsp3) is 0.316. The quantitative estimate of drug-likeness (QED) is 0.541. The number of sulfone groups is 1. The third-order valence-corrected chi connectivity index (χ3v) is 7.51. The van der Waals surface area contributed by atoms with Gasteiger partial charge in [-0.05, 0) is 50.6 Å². The molecular formula is C19H21ClFN3O4S. The molecule has 0 aliphatic carbocycles. The van der Waals surface area contributed by atoms with E-state index in [1.165, 1.54) is 37.3 Å². The summed E-state index contributed by atoms with van der Waals surface area (Å²) in [7, 11) is -3.92. The maximum absolute atomic E-state index is 13.6. The Balaban J connectivity index is 1.87. The van der Waals surface area contributed by atoms with Crippen molar-refractivity contribution in [2.24, 2.45) is 0 Å². The van der Waals surface area contributed by atoms with Crippen LogP contribution < -0.4 is 16.0 Å². The Kier molecular flexibility index (Phi) is 6.30. The molecule has 0 aromatic heterocycles. The zero-order valence-corrected chi connectivity index (χ0v) is 17.2. The van der Waals surface area contributed by atoms with E-state index in [9.17, 15) is 22.7 Å². The number of carbonyl (C=O) groups is 1. The molecule has 156 valence electrons. The van der Waals surface area contributed by atoms with Crippen molar-refractivity contribution >= 4 is 38.8 Å². The highest BCUT2D eigenvalue weighted by atomic mass is 35.5. The number of phenols is 1. The first kappa shape index (κ1) is 21.4. The van der Waals surface area contributed by atoms with Gasteiger partial charge in [0.2, 0.25) is 0 Å². The number of benzene rings is 2. The molecule has 0 bridgehead atoms. The first-order valence-electron chi connectivity index (χ1n) is 9.01. The van der Waals surface area contributed by atoms with Crippen LogP contribution in [0.25, 0.3) is 0 Å². The molecular weight excluding hydrogens is 421 g/mol. The molecule has 1 fully saturated rings. The minimum Gasteiger partial charge on any atom is -0.504 e. The number of nitrogens with one attached hydrogen (secondary N) is 3. The van der Waals surface area contributed by atoms with E-state index in [0.29, 0.717) is 12.8 Å². The maximum Gasteiger partial charge on any atom is 0.323 e. The van der Waals surface area contributed by atoms with Crippen LogP contribution in [0, 0.1) is 12.7 Å². The van der Waals surface area contributed by atoms with Crippen LogP contribution in [0.1, 0.15) is 18.4 Å². The molecule has 1 saturated heterocycles. The van der Waals surface area contributed by atoms with E-state index in [4.69, 9.17) is 11.6 Å². The molecule has 0 spiro atoms. The summed E-state index contributed by atoms with van der Waals surface area (Å²) in [5.74, 6) is -1.11. The van der Waals surface area contributed by atoms with Gasteiger partial charge < -0.3 is 21.1 Å². The molecule has 2 amide bonds. The number of halogens is 2. The Labute approximate surface area is 173 Å². The van der Waals surface area contributed by atoms with Crippen molar-refractivity contribution in [3.8, 4) is 5.75 Å². The number of anilines is 2. The average Bonchev–Trinajstić information content (AvgIpc) is 2.68. The maximum atomic E-state index is 13.6. The number of aromatic hydroxyl groups is 1. The normalized spacial score (nSPS) is 17.0.